The average molecular weight is 328 g/mol. The number of rotatable bonds is 9. The Morgan fingerprint density at radius 2 is 1.75 bits per heavy atom. The number of carbonyl (C=O) groups is 1. The van der Waals surface area contributed by atoms with Crippen molar-refractivity contribution in [3.63, 3.8) is 0 Å². The molecule has 0 unspecified atom stereocenters. The monoisotopic (exact) mass is 328 g/mol. The van der Waals surface area contributed by atoms with Gasteiger partial charge in [-0.2, -0.15) is 0 Å². The Balaban J connectivity index is 1.79. The van der Waals surface area contributed by atoms with Crippen molar-refractivity contribution in [2.24, 2.45) is 0 Å². The Morgan fingerprint density at radius 1 is 1.04 bits per heavy atom. The molecule has 0 saturated carbocycles. The second-order valence-electron chi connectivity index (χ2n) is 5.31. The molecule has 2 aromatic carbocycles. The van der Waals surface area contributed by atoms with Gasteiger partial charge in [0.15, 0.2) is 0 Å². The van der Waals surface area contributed by atoms with E-state index in [9.17, 15) is 4.79 Å². The molecule has 0 atom stereocenters. The number of para-hydroxylation sites is 1. The van der Waals surface area contributed by atoms with Gasteiger partial charge in [-0.3, -0.25) is 4.79 Å². The van der Waals surface area contributed by atoms with Crippen LogP contribution in [0.3, 0.4) is 0 Å². The second kappa shape index (κ2) is 9.57. The predicted octanol–water partition coefficient (Wildman–Crippen LogP) is 3.18. The maximum Gasteiger partial charge on any atom is 0.243 e. The van der Waals surface area contributed by atoms with Crippen molar-refractivity contribution in [2.45, 2.75) is 6.92 Å². The second-order valence-corrected chi connectivity index (χ2v) is 5.31. The number of amides is 1. The summed E-state index contributed by atoms with van der Waals surface area (Å²) in [4.78, 5) is 14.0. The lowest BCUT2D eigenvalue weighted by atomic mass is 10.3. The van der Waals surface area contributed by atoms with Gasteiger partial charge < -0.3 is 19.7 Å². The van der Waals surface area contributed by atoms with Crippen LogP contribution < -0.4 is 15.0 Å². The van der Waals surface area contributed by atoms with E-state index in [1.54, 1.807) is 0 Å². The van der Waals surface area contributed by atoms with Crippen LogP contribution in [0.5, 0.6) is 5.75 Å². The normalized spacial score (nSPS) is 10.2. The highest BCUT2D eigenvalue weighted by molar-refractivity contribution is 5.94. The molecule has 0 aromatic heterocycles. The summed E-state index contributed by atoms with van der Waals surface area (Å²) < 4.78 is 10.8. The Bertz CT molecular complexity index is 614. The lowest BCUT2D eigenvalue weighted by Crippen LogP contribution is -2.29. The highest BCUT2D eigenvalue weighted by atomic mass is 16.5. The summed E-state index contributed by atoms with van der Waals surface area (Å²) in [6.45, 7) is 4.01. The van der Waals surface area contributed by atoms with Crippen LogP contribution in [0.25, 0.3) is 0 Å². The number of anilines is 2. The van der Waals surface area contributed by atoms with E-state index in [0.717, 1.165) is 17.1 Å². The molecule has 5 heteroatoms. The fraction of sp³-hybridized carbons (Fsp3) is 0.316. The molecule has 1 amide bonds. The summed E-state index contributed by atoms with van der Waals surface area (Å²) in [7, 11) is 1.89. The fourth-order valence-corrected chi connectivity index (χ4v) is 2.19. The molecule has 128 valence electrons. The number of hydrogen-bond donors (Lipinski definition) is 1. The molecule has 0 fully saturated rings. The van der Waals surface area contributed by atoms with Gasteiger partial charge in [-0.15, -0.1) is 0 Å². The van der Waals surface area contributed by atoms with E-state index in [0.29, 0.717) is 19.8 Å². The lowest BCUT2D eigenvalue weighted by molar-refractivity contribution is -0.114. The SMILES string of the molecule is CCOCCOc1ccc(NC(=O)CN(C)c2ccccc2)cc1. The van der Waals surface area contributed by atoms with Gasteiger partial charge in [-0.05, 0) is 43.3 Å². The van der Waals surface area contributed by atoms with Crippen LogP contribution in [-0.4, -0.2) is 39.3 Å². The molecule has 24 heavy (non-hydrogen) atoms. The largest absolute Gasteiger partial charge is 0.491 e. The first-order valence-corrected chi connectivity index (χ1v) is 8.05. The van der Waals surface area contributed by atoms with E-state index in [2.05, 4.69) is 5.32 Å². The zero-order valence-electron chi connectivity index (χ0n) is 14.2. The van der Waals surface area contributed by atoms with Gasteiger partial charge in [-0.25, -0.2) is 0 Å². The topological polar surface area (TPSA) is 50.8 Å². The van der Waals surface area contributed by atoms with Crippen LogP contribution >= 0.6 is 0 Å². The molecule has 5 nitrogen and oxygen atoms in total. The third-order valence-electron chi connectivity index (χ3n) is 3.42. The summed E-state index contributed by atoms with van der Waals surface area (Å²) in [6.07, 6.45) is 0. The molecule has 0 heterocycles. The van der Waals surface area contributed by atoms with Crippen LogP contribution in [0, 0.1) is 0 Å². The van der Waals surface area contributed by atoms with Crippen molar-refractivity contribution in [2.75, 3.05) is 43.6 Å². The van der Waals surface area contributed by atoms with Gasteiger partial charge in [0.1, 0.15) is 12.4 Å². The molecular weight excluding hydrogens is 304 g/mol. The standard InChI is InChI=1S/C19H24N2O3/c1-3-23-13-14-24-18-11-9-16(10-12-18)20-19(22)15-21(2)17-7-5-4-6-8-17/h4-12H,3,13-15H2,1-2H3,(H,20,22). The predicted molar refractivity (Wildman–Crippen MR) is 96.8 cm³/mol. The van der Waals surface area contributed by atoms with Gasteiger partial charge >= 0.3 is 0 Å². The van der Waals surface area contributed by atoms with Crippen LogP contribution in [-0.2, 0) is 9.53 Å². The minimum absolute atomic E-state index is 0.0635. The quantitative estimate of drug-likeness (QED) is 0.718. The van der Waals surface area contributed by atoms with Crippen LogP contribution in [0.2, 0.25) is 0 Å². The number of hydrogen-bond acceptors (Lipinski definition) is 4. The zero-order chi connectivity index (χ0) is 17.2. The summed E-state index contributed by atoms with van der Waals surface area (Å²) in [5, 5.41) is 2.89. The molecule has 2 rings (SSSR count). The van der Waals surface area contributed by atoms with Crippen molar-refractivity contribution in [1.29, 1.82) is 0 Å². The van der Waals surface area contributed by atoms with Gasteiger partial charge in [0, 0.05) is 25.0 Å². The molecule has 2 aromatic rings. The maximum absolute atomic E-state index is 12.1. The Kier molecular flexibility index (Phi) is 7.11. The van der Waals surface area contributed by atoms with E-state index in [1.165, 1.54) is 0 Å². The van der Waals surface area contributed by atoms with Crippen LogP contribution in [0.4, 0.5) is 11.4 Å². The number of benzene rings is 2. The summed E-state index contributed by atoms with van der Waals surface area (Å²) >= 11 is 0. The third-order valence-corrected chi connectivity index (χ3v) is 3.42. The van der Waals surface area contributed by atoms with Gasteiger partial charge in [0.25, 0.3) is 0 Å². The zero-order valence-corrected chi connectivity index (χ0v) is 14.2. The minimum atomic E-state index is -0.0635. The lowest BCUT2D eigenvalue weighted by Gasteiger charge is -2.18. The molecule has 0 radical (unpaired) electrons. The fourth-order valence-electron chi connectivity index (χ4n) is 2.19. The van der Waals surface area contributed by atoms with E-state index in [4.69, 9.17) is 9.47 Å². The number of likely N-dealkylation sites (N-methyl/N-ethyl adjacent to an activating group) is 1. The van der Waals surface area contributed by atoms with Crippen molar-refractivity contribution < 1.29 is 14.3 Å². The first kappa shape index (κ1) is 17.8. The van der Waals surface area contributed by atoms with Gasteiger partial charge in [0.05, 0.1) is 13.2 Å². The molecule has 0 aliphatic rings. The van der Waals surface area contributed by atoms with Crippen LogP contribution in [0.1, 0.15) is 6.92 Å². The first-order chi connectivity index (χ1) is 11.7. The first-order valence-electron chi connectivity index (χ1n) is 8.05. The van der Waals surface area contributed by atoms with Crippen LogP contribution in [0.15, 0.2) is 54.6 Å². The molecule has 1 N–H and O–H groups in total. The molecule has 0 bridgehead atoms. The summed E-state index contributed by atoms with van der Waals surface area (Å²) in [6, 6.07) is 17.1. The van der Waals surface area contributed by atoms with Crippen molar-refractivity contribution >= 4 is 17.3 Å². The molecule has 0 saturated heterocycles. The van der Waals surface area contributed by atoms with Gasteiger partial charge in [-0.1, -0.05) is 18.2 Å². The Morgan fingerprint density at radius 3 is 2.42 bits per heavy atom. The Labute approximate surface area is 143 Å². The Hall–Kier alpha value is -2.53. The number of ether oxygens (including phenoxy) is 2. The minimum Gasteiger partial charge on any atom is -0.491 e. The summed E-state index contributed by atoms with van der Waals surface area (Å²) in [5.41, 5.74) is 1.75. The summed E-state index contributed by atoms with van der Waals surface area (Å²) in [5.74, 6) is 0.695. The molecular formula is C19H24N2O3. The van der Waals surface area contributed by atoms with Crippen molar-refractivity contribution in [3.05, 3.63) is 54.6 Å². The van der Waals surface area contributed by atoms with E-state index >= 15 is 0 Å². The smallest absolute Gasteiger partial charge is 0.243 e. The number of carbonyl (C=O) groups excluding carboxylic acids is 1. The molecule has 0 aliphatic heterocycles. The molecule has 0 aliphatic carbocycles. The maximum atomic E-state index is 12.1. The van der Waals surface area contributed by atoms with E-state index in [1.807, 2.05) is 73.5 Å². The highest BCUT2D eigenvalue weighted by Crippen LogP contribution is 2.16. The number of nitrogens with zero attached hydrogens (tertiary/aromatic N) is 1. The van der Waals surface area contributed by atoms with Gasteiger partial charge in [0.2, 0.25) is 5.91 Å². The van der Waals surface area contributed by atoms with Crippen molar-refractivity contribution in [3.8, 4) is 5.75 Å². The van der Waals surface area contributed by atoms with E-state index in [-0.39, 0.29) is 12.5 Å². The highest BCUT2D eigenvalue weighted by Gasteiger charge is 2.07. The third kappa shape index (κ3) is 5.93. The number of nitrogens with one attached hydrogen (secondary N) is 1. The average Bonchev–Trinajstić information content (AvgIpc) is 2.61. The van der Waals surface area contributed by atoms with Crippen molar-refractivity contribution in [1.82, 2.24) is 0 Å². The van der Waals surface area contributed by atoms with E-state index < -0.39 is 0 Å². The molecule has 0 spiro atoms.